The van der Waals surface area contributed by atoms with Gasteiger partial charge in [0, 0.05) is 10.9 Å². The summed E-state index contributed by atoms with van der Waals surface area (Å²) in [6.45, 7) is -0.708. The van der Waals surface area contributed by atoms with Gasteiger partial charge in [-0.05, 0) is 65.6 Å². The third-order valence-corrected chi connectivity index (χ3v) is 6.49. The maximum absolute atomic E-state index is 10.5. The topological polar surface area (TPSA) is 90.2 Å². The molecule has 2 aromatic rings. The first-order valence-electron chi connectivity index (χ1n) is 10.1. The Morgan fingerprint density at radius 1 is 0.966 bits per heavy atom. The van der Waals surface area contributed by atoms with Crippen LogP contribution in [0.5, 0.6) is 0 Å². The molecule has 0 saturated carbocycles. The Bertz CT molecular complexity index is 853. The average Bonchev–Trinajstić information content (AvgIpc) is 3.20. The Hall–Kier alpha value is -1.47. The number of hydrogen-bond acceptors (Lipinski definition) is 5. The largest absolute Gasteiger partial charge is 0.396 e. The van der Waals surface area contributed by atoms with E-state index in [0.717, 1.165) is 36.8 Å². The zero-order valence-corrected chi connectivity index (χ0v) is 16.9. The van der Waals surface area contributed by atoms with Crippen LogP contribution in [0.2, 0.25) is 5.02 Å². The van der Waals surface area contributed by atoms with Gasteiger partial charge >= 0.3 is 0 Å². The zero-order chi connectivity index (χ0) is 20.5. The smallest absolute Gasteiger partial charge is 0.110 e. The highest BCUT2D eigenvalue weighted by Crippen LogP contribution is 2.39. The summed E-state index contributed by atoms with van der Waals surface area (Å²) in [6.07, 6.45) is 0.0209. The molecule has 6 heteroatoms. The molecule has 4 N–H and O–H groups in total. The molecule has 4 rings (SSSR count). The molecule has 5 nitrogen and oxygen atoms in total. The Balaban J connectivity index is 1.71. The number of aryl methyl sites for hydroxylation is 1. The van der Waals surface area contributed by atoms with E-state index in [4.69, 9.17) is 16.3 Å². The van der Waals surface area contributed by atoms with E-state index >= 15 is 0 Å². The lowest BCUT2D eigenvalue weighted by molar-refractivity contribution is -0.217. The first kappa shape index (κ1) is 20.8. The molecule has 0 bridgehead atoms. The molecule has 156 valence electrons. The fraction of sp³-hybridized carbons (Fsp3) is 0.478. The van der Waals surface area contributed by atoms with Gasteiger partial charge in [-0.25, -0.2) is 0 Å². The van der Waals surface area contributed by atoms with Gasteiger partial charge in [0.2, 0.25) is 0 Å². The van der Waals surface area contributed by atoms with E-state index in [9.17, 15) is 20.4 Å². The molecule has 2 aromatic carbocycles. The van der Waals surface area contributed by atoms with E-state index in [1.165, 1.54) is 16.7 Å². The molecule has 0 radical (unpaired) electrons. The average molecular weight is 419 g/mol. The lowest BCUT2D eigenvalue weighted by Gasteiger charge is -2.42. The second-order valence-electron chi connectivity index (χ2n) is 8.08. The van der Waals surface area contributed by atoms with Crippen LogP contribution in [-0.2, 0) is 24.0 Å². The van der Waals surface area contributed by atoms with Crippen molar-refractivity contribution >= 4 is 11.6 Å². The third kappa shape index (κ3) is 4.08. The molecular formula is C23H27ClO5. The molecule has 1 heterocycles. The second kappa shape index (κ2) is 8.72. The summed E-state index contributed by atoms with van der Waals surface area (Å²) < 4.78 is 5.95. The predicted molar refractivity (Wildman–Crippen MR) is 110 cm³/mol. The van der Waals surface area contributed by atoms with Crippen molar-refractivity contribution in [1.29, 1.82) is 0 Å². The van der Waals surface area contributed by atoms with E-state index in [-0.39, 0.29) is 6.61 Å². The molecular weight excluding hydrogens is 392 g/mol. The van der Waals surface area contributed by atoms with Crippen LogP contribution in [0.3, 0.4) is 0 Å². The number of hydrogen-bond donors (Lipinski definition) is 4. The van der Waals surface area contributed by atoms with Gasteiger partial charge < -0.3 is 25.2 Å². The number of fused-ring (bicyclic) bond motifs is 1. The molecule has 0 amide bonds. The quantitative estimate of drug-likeness (QED) is 0.597. The van der Waals surface area contributed by atoms with Crippen LogP contribution in [0, 0.1) is 5.92 Å². The summed E-state index contributed by atoms with van der Waals surface area (Å²) >= 11 is 6.02. The van der Waals surface area contributed by atoms with Gasteiger partial charge in [0.25, 0.3) is 0 Å². The standard InChI is InChI=1S/C23H27ClO5/c24-17-6-4-13(5-7-17)8-15-10-16(9-14-2-1-3-18(14)15)23-19(11-25)21(27)22(28)20(12-26)29-23/h4-7,9-10,19-23,25-28H,1-3,8,11-12H2/t19?,20-,21-,22+,23+/m1/s1. The second-order valence-corrected chi connectivity index (χ2v) is 8.52. The summed E-state index contributed by atoms with van der Waals surface area (Å²) in [5.41, 5.74) is 5.87. The van der Waals surface area contributed by atoms with E-state index in [2.05, 4.69) is 12.1 Å². The summed E-state index contributed by atoms with van der Waals surface area (Å²) in [5.74, 6) is -0.657. The van der Waals surface area contributed by atoms with Crippen molar-refractivity contribution in [3.8, 4) is 0 Å². The van der Waals surface area contributed by atoms with Crippen molar-refractivity contribution in [2.45, 2.75) is 50.1 Å². The number of ether oxygens (including phenoxy) is 1. The minimum atomic E-state index is -1.23. The van der Waals surface area contributed by atoms with E-state index < -0.39 is 36.9 Å². The van der Waals surface area contributed by atoms with Gasteiger partial charge in [0.1, 0.15) is 12.2 Å². The Morgan fingerprint density at radius 3 is 2.41 bits per heavy atom. The van der Waals surface area contributed by atoms with Gasteiger partial charge in [-0.3, -0.25) is 0 Å². The van der Waals surface area contributed by atoms with Crippen LogP contribution in [0.15, 0.2) is 36.4 Å². The summed E-state index contributed by atoms with van der Waals surface area (Å²) in [4.78, 5) is 0. The molecule has 1 fully saturated rings. The van der Waals surface area contributed by atoms with Crippen LogP contribution in [0.25, 0.3) is 0 Å². The maximum Gasteiger partial charge on any atom is 0.110 e. The molecule has 2 aliphatic rings. The number of aliphatic hydroxyl groups excluding tert-OH is 4. The number of benzene rings is 2. The highest BCUT2D eigenvalue weighted by atomic mass is 35.5. The first-order chi connectivity index (χ1) is 14.0. The fourth-order valence-corrected chi connectivity index (χ4v) is 4.80. The van der Waals surface area contributed by atoms with E-state index in [0.29, 0.717) is 5.02 Å². The summed E-state index contributed by atoms with van der Waals surface area (Å²) in [5, 5.41) is 40.8. The molecule has 0 aromatic heterocycles. The van der Waals surface area contributed by atoms with Crippen molar-refractivity contribution in [3.63, 3.8) is 0 Å². The van der Waals surface area contributed by atoms with Crippen molar-refractivity contribution in [1.82, 2.24) is 0 Å². The summed E-state index contributed by atoms with van der Waals surface area (Å²) in [6, 6.07) is 12.0. The number of halogens is 1. The Morgan fingerprint density at radius 2 is 1.72 bits per heavy atom. The predicted octanol–water partition coefficient (Wildman–Crippen LogP) is 2.18. The highest BCUT2D eigenvalue weighted by molar-refractivity contribution is 6.30. The molecule has 29 heavy (non-hydrogen) atoms. The van der Waals surface area contributed by atoms with Crippen LogP contribution in [0.1, 0.15) is 40.3 Å². The van der Waals surface area contributed by atoms with Crippen LogP contribution < -0.4 is 0 Å². The zero-order valence-electron chi connectivity index (χ0n) is 16.2. The van der Waals surface area contributed by atoms with Gasteiger partial charge in [-0.2, -0.15) is 0 Å². The van der Waals surface area contributed by atoms with Gasteiger partial charge in [0.15, 0.2) is 0 Å². The minimum absolute atomic E-state index is 0.315. The normalized spacial score (nSPS) is 29.1. The fourth-order valence-electron chi connectivity index (χ4n) is 4.67. The van der Waals surface area contributed by atoms with E-state index in [1.807, 2.05) is 24.3 Å². The van der Waals surface area contributed by atoms with Crippen molar-refractivity contribution in [3.05, 3.63) is 69.2 Å². The van der Waals surface area contributed by atoms with Crippen molar-refractivity contribution in [2.24, 2.45) is 5.92 Å². The first-order valence-corrected chi connectivity index (χ1v) is 10.5. The molecule has 0 spiro atoms. The van der Waals surface area contributed by atoms with Crippen LogP contribution in [0.4, 0.5) is 0 Å². The molecule has 1 saturated heterocycles. The SMILES string of the molecule is OCC1[C@@H](O)[C@@H](O)[C@@H](CO)O[C@H]1c1cc2c(c(Cc3ccc(Cl)cc3)c1)CCC2. The highest BCUT2D eigenvalue weighted by Gasteiger charge is 2.44. The number of aliphatic hydroxyl groups is 4. The molecule has 5 atom stereocenters. The van der Waals surface area contributed by atoms with Crippen molar-refractivity contribution in [2.75, 3.05) is 13.2 Å². The van der Waals surface area contributed by atoms with Crippen LogP contribution >= 0.6 is 11.6 Å². The lowest BCUT2D eigenvalue weighted by Crippen LogP contribution is -2.53. The Labute approximate surface area is 175 Å². The number of rotatable bonds is 5. The molecule has 1 aliphatic heterocycles. The molecule has 1 unspecified atom stereocenters. The maximum atomic E-state index is 10.5. The van der Waals surface area contributed by atoms with Gasteiger partial charge in [0.05, 0.1) is 25.4 Å². The van der Waals surface area contributed by atoms with E-state index in [1.54, 1.807) is 0 Å². The third-order valence-electron chi connectivity index (χ3n) is 6.24. The van der Waals surface area contributed by atoms with Crippen molar-refractivity contribution < 1.29 is 25.2 Å². The van der Waals surface area contributed by atoms with Gasteiger partial charge in [-0.1, -0.05) is 35.9 Å². The van der Waals surface area contributed by atoms with Crippen LogP contribution in [-0.4, -0.2) is 52.0 Å². The summed E-state index contributed by atoms with van der Waals surface area (Å²) in [7, 11) is 0. The monoisotopic (exact) mass is 418 g/mol. The lowest BCUT2D eigenvalue weighted by atomic mass is 9.82. The molecule has 1 aliphatic carbocycles. The van der Waals surface area contributed by atoms with Gasteiger partial charge in [-0.15, -0.1) is 0 Å². The Kier molecular flexibility index (Phi) is 6.25. The minimum Gasteiger partial charge on any atom is -0.396 e.